The van der Waals surface area contributed by atoms with Gasteiger partial charge in [-0.1, -0.05) is 43.7 Å². The molecule has 2 saturated heterocycles. The fourth-order valence-corrected chi connectivity index (χ4v) is 3.92. The molecule has 1 aromatic rings. The van der Waals surface area contributed by atoms with E-state index in [0.717, 1.165) is 58.4 Å². The predicted molar refractivity (Wildman–Crippen MR) is 97.7 cm³/mol. The van der Waals surface area contributed by atoms with E-state index in [1.807, 2.05) is 6.07 Å². The lowest BCUT2D eigenvalue weighted by atomic mass is 9.81. The van der Waals surface area contributed by atoms with Crippen molar-refractivity contribution in [2.45, 2.75) is 51.6 Å². The Morgan fingerprint density at radius 3 is 2.75 bits per heavy atom. The van der Waals surface area contributed by atoms with Crippen LogP contribution in [0, 0.1) is 5.41 Å². The first-order valence-corrected chi connectivity index (χ1v) is 9.43. The minimum atomic E-state index is 0.0317. The maximum atomic E-state index is 12.8. The van der Waals surface area contributed by atoms with Crippen LogP contribution in [0.5, 0.6) is 0 Å². The fraction of sp³-hybridized carbons (Fsp3) is 0.650. The van der Waals surface area contributed by atoms with Gasteiger partial charge < -0.3 is 10.6 Å². The number of likely N-dealkylation sites (tertiary alicyclic amines) is 1. The Labute approximate surface area is 146 Å². The van der Waals surface area contributed by atoms with E-state index in [1.165, 1.54) is 12.0 Å². The van der Waals surface area contributed by atoms with Crippen molar-refractivity contribution in [3.8, 4) is 0 Å². The van der Waals surface area contributed by atoms with Gasteiger partial charge in [-0.3, -0.25) is 9.69 Å². The summed E-state index contributed by atoms with van der Waals surface area (Å²) in [6.45, 7) is 7.14. The molecule has 1 aromatic carbocycles. The number of piperidine rings is 2. The van der Waals surface area contributed by atoms with Gasteiger partial charge in [0.1, 0.15) is 0 Å². The lowest BCUT2D eigenvalue weighted by Gasteiger charge is -2.37. The van der Waals surface area contributed by atoms with E-state index < -0.39 is 0 Å². The normalized spacial score (nSPS) is 24.5. The number of nitrogens with zero attached hydrogens (tertiary/aromatic N) is 1. The zero-order chi connectivity index (χ0) is 16.8. The lowest BCUT2D eigenvalue weighted by Crippen LogP contribution is -2.51. The third-order valence-electron chi connectivity index (χ3n) is 5.64. The molecule has 1 atom stereocenters. The van der Waals surface area contributed by atoms with Gasteiger partial charge in [0.05, 0.1) is 6.04 Å². The average molecular weight is 329 g/mol. The zero-order valence-electron chi connectivity index (χ0n) is 14.9. The first-order chi connectivity index (χ1) is 11.7. The summed E-state index contributed by atoms with van der Waals surface area (Å²) in [6.07, 6.45) is 5.62. The Bertz CT molecular complexity index is 525. The molecule has 0 spiro atoms. The largest absolute Gasteiger partial charge is 0.354 e. The summed E-state index contributed by atoms with van der Waals surface area (Å²) in [5, 5.41) is 6.67. The summed E-state index contributed by atoms with van der Waals surface area (Å²) in [4.78, 5) is 15.2. The van der Waals surface area contributed by atoms with Crippen LogP contribution in [0.2, 0.25) is 0 Å². The Morgan fingerprint density at radius 2 is 2.00 bits per heavy atom. The van der Waals surface area contributed by atoms with E-state index in [4.69, 9.17) is 0 Å². The highest BCUT2D eigenvalue weighted by Gasteiger charge is 2.31. The second-order valence-corrected chi connectivity index (χ2v) is 7.75. The number of hydrogen-bond donors (Lipinski definition) is 2. The number of benzene rings is 1. The number of rotatable bonds is 5. The Kier molecular flexibility index (Phi) is 5.90. The number of amides is 1. The van der Waals surface area contributed by atoms with Crippen molar-refractivity contribution in [2.75, 3.05) is 26.2 Å². The van der Waals surface area contributed by atoms with Gasteiger partial charge in [0.25, 0.3) is 0 Å². The molecule has 0 bridgehead atoms. The van der Waals surface area contributed by atoms with Crippen LogP contribution in [-0.2, 0) is 11.3 Å². The lowest BCUT2D eigenvalue weighted by molar-refractivity contribution is -0.128. The average Bonchev–Trinajstić information content (AvgIpc) is 2.62. The molecule has 2 aliphatic heterocycles. The minimum absolute atomic E-state index is 0.0317. The van der Waals surface area contributed by atoms with Gasteiger partial charge in [0.2, 0.25) is 5.91 Å². The summed E-state index contributed by atoms with van der Waals surface area (Å²) < 4.78 is 0. The molecule has 132 valence electrons. The van der Waals surface area contributed by atoms with Crippen molar-refractivity contribution in [3.05, 3.63) is 35.9 Å². The van der Waals surface area contributed by atoms with Crippen molar-refractivity contribution >= 4 is 5.91 Å². The molecule has 2 heterocycles. The topological polar surface area (TPSA) is 44.4 Å². The van der Waals surface area contributed by atoms with Crippen LogP contribution in [0.25, 0.3) is 0 Å². The van der Waals surface area contributed by atoms with Crippen molar-refractivity contribution in [3.63, 3.8) is 0 Å². The smallest absolute Gasteiger partial charge is 0.237 e. The highest BCUT2D eigenvalue weighted by atomic mass is 16.2. The van der Waals surface area contributed by atoms with Crippen molar-refractivity contribution in [1.82, 2.24) is 15.5 Å². The van der Waals surface area contributed by atoms with Gasteiger partial charge in [-0.25, -0.2) is 0 Å². The highest BCUT2D eigenvalue weighted by molar-refractivity contribution is 5.81. The van der Waals surface area contributed by atoms with Gasteiger partial charge >= 0.3 is 0 Å². The molecule has 1 amide bonds. The molecule has 24 heavy (non-hydrogen) atoms. The van der Waals surface area contributed by atoms with Crippen molar-refractivity contribution in [1.29, 1.82) is 0 Å². The second-order valence-electron chi connectivity index (χ2n) is 7.75. The van der Waals surface area contributed by atoms with Gasteiger partial charge in [0, 0.05) is 13.1 Å². The van der Waals surface area contributed by atoms with E-state index in [1.54, 1.807) is 0 Å². The molecule has 2 fully saturated rings. The maximum absolute atomic E-state index is 12.8. The number of carbonyl (C=O) groups is 1. The molecule has 0 radical (unpaired) electrons. The van der Waals surface area contributed by atoms with E-state index in [-0.39, 0.29) is 17.4 Å². The monoisotopic (exact) mass is 329 g/mol. The van der Waals surface area contributed by atoms with Crippen LogP contribution < -0.4 is 10.6 Å². The van der Waals surface area contributed by atoms with Gasteiger partial charge in [-0.2, -0.15) is 0 Å². The summed E-state index contributed by atoms with van der Waals surface area (Å²) in [7, 11) is 0. The molecule has 3 rings (SSSR count). The molecule has 4 nitrogen and oxygen atoms in total. The fourth-order valence-electron chi connectivity index (χ4n) is 3.92. The quantitative estimate of drug-likeness (QED) is 0.872. The van der Waals surface area contributed by atoms with Gasteiger partial charge in [-0.15, -0.1) is 0 Å². The van der Waals surface area contributed by atoms with Crippen molar-refractivity contribution < 1.29 is 4.79 Å². The van der Waals surface area contributed by atoms with E-state index >= 15 is 0 Å². The Balaban J connectivity index is 1.57. The highest BCUT2D eigenvalue weighted by Crippen LogP contribution is 2.27. The molecule has 0 aliphatic carbocycles. The SMILES string of the molecule is CC1(CNC(=O)C2CCCCN2Cc2ccccc2)CCNCC1. The molecule has 1 unspecified atom stereocenters. The van der Waals surface area contributed by atoms with Crippen LogP contribution in [0.3, 0.4) is 0 Å². The molecular weight excluding hydrogens is 298 g/mol. The Morgan fingerprint density at radius 1 is 1.25 bits per heavy atom. The summed E-state index contributed by atoms with van der Waals surface area (Å²) in [6, 6.07) is 10.5. The maximum Gasteiger partial charge on any atom is 0.237 e. The number of carbonyl (C=O) groups excluding carboxylic acids is 1. The van der Waals surface area contributed by atoms with Crippen LogP contribution in [0.1, 0.15) is 44.6 Å². The molecule has 4 heteroatoms. The third kappa shape index (κ3) is 4.58. The zero-order valence-corrected chi connectivity index (χ0v) is 14.9. The Hall–Kier alpha value is -1.39. The molecule has 2 N–H and O–H groups in total. The molecule has 0 aromatic heterocycles. The number of hydrogen-bond acceptors (Lipinski definition) is 3. The summed E-state index contributed by atoms with van der Waals surface area (Å²) in [5.41, 5.74) is 1.54. The first kappa shape index (κ1) is 17.4. The summed E-state index contributed by atoms with van der Waals surface area (Å²) in [5.74, 6) is 0.227. The van der Waals surface area contributed by atoms with E-state index in [9.17, 15) is 4.79 Å². The van der Waals surface area contributed by atoms with Crippen LogP contribution >= 0.6 is 0 Å². The minimum Gasteiger partial charge on any atom is -0.354 e. The second kappa shape index (κ2) is 8.13. The van der Waals surface area contributed by atoms with E-state index in [2.05, 4.69) is 46.7 Å². The van der Waals surface area contributed by atoms with Crippen LogP contribution in [0.4, 0.5) is 0 Å². The summed E-state index contributed by atoms with van der Waals surface area (Å²) >= 11 is 0. The van der Waals surface area contributed by atoms with Gasteiger partial charge in [0.15, 0.2) is 0 Å². The van der Waals surface area contributed by atoms with Crippen molar-refractivity contribution in [2.24, 2.45) is 5.41 Å². The van der Waals surface area contributed by atoms with Gasteiger partial charge in [-0.05, 0) is 56.3 Å². The molecular formula is C20H31N3O. The first-order valence-electron chi connectivity index (χ1n) is 9.43. The van der Waals surface area contributed by atoms with E-state index in [0.29, 0.717) is 0 Å². The predicted octanol–water partition coefficient (Wildman–Crippen LogP) is 2.55. The standard InChI is InChI=1S/C20H31N3O/c1-20(10-12-21-13-11-20)16-22-19(24)18-9-5-6-14-23(18)15-17-7-3-2-4-8-17/h2-4,7-8,18,21H,5-6,9-16H2,1H3,(H,22,24). The number of nitrogens with one attached hydrogen (secondary N) is 2. The van der Waals surface area contributed by atoms with Crippen LogP contribution in [0.15, 0.2) is 30.3 Å². The third-order valence-corrected chi connectivity index (χ3v) is 5.64. The molecule has 0 saturated carbocycles. The molecule has 2 aliphatic rings. The van der Waals surface area contributed by atoms with Crippen LogP contribution in [-0.4, -0.2) is 43.0 Å².